The number of carbonyl (C=O) groups is 1. The molecule has 0 radical (unpaired) electrons. The Morgan fingerprint density at radius 3 is 2.22 bits per heavy atom. The molecule has 0 aliphatic heterocycles. The number of phenols is 2. The second-order valence-corrected chi connectivity index (χ2v) is 7.71. The first kappa shape index (κ1) is 23.3. The average Bonchev–Trinajstić information content (AvgIpc) is 2.78. The molecule has 6 nitrogen and oxygen atoms in total. The number of phenolic OH excluding ortho intramolecular Hbond substituents is 2. The molecule has 0 saturated heterocycles. The van der Waals surface area contributed by atoms with Gasteiger partial charge in [-0.3, -0.25) is 10.1 Å². The van der Waals surface area contributed by atoms with Crippen LogP contribution in [0.5, 0.6) is 17.2 Å². The number of ether oxygens (including phenoxy) is 2. The lowest BCUT2D eigenvalue weighted by Crippen LogP contribution is -2.41. The SMILES string of the molecule is CCOC(COc1ccc(C(=O)c2ccc(O)cc2-c2ccc(O)cc2)cc1)NC(C)C. The highest BCUT2D eigenvalue weighted by molar-refractivity contribution is 6.13. The zero-order valence-electron chi connectivity index (χ0n) is 18.5. The highest BCUT2D eigenvalue weighted by Gasteiger charge is 2.16. The molecule has 0 fully saturated rings. The average molecular weight is 436 g/mol. The smallest absolute Gasteiger partial charge is 0.193 e. The van der Waals surface area contributed by atoms with E-state index in [1.807, 2.05) is 20.8 Å². The van der Waals surface area contributed by atoms with Crippen LogP contribution in [0.4, 0.5) is 0 Å². The van der Waals surface area contributed by atoms with Crippen molar-refractivity contribution in [3.63, 3.8) is 0 Å². The van der Waals surface area contributed by atoms with Crippen LogP contribution in [0, 0.1) is 0 Å². The molecule has 0 aliphatic carbocycles. The first-order valence-electron chi connectivity index (χ1n) is 10.6. The Morgan fingerprint density at radius 2 is 1.59 bits per heavy atom. The Bertz CT molecular complexity index is 1030. The summed E-state index contributed by atoms with van der Waals surface area (Å²) >= 11 is 0. The first-order valence-corrected chi connectivity index (χ1v) is 10.6. The van der Waals surface area contributed by atoms with E-state index >= 15 is 0 Å². The van der Waals surface area contributed by atoms with Crippen LogP contribution < -0.4 is 10.1 Å². The van der Waals surface area contributed by atoms with Crippen molar-refractivity contribution in [3.05, 3.63) is 77.9 Å². The van der Waals surface area contributed by atoms with Crippen molar-refractivity contribution in [3.8, 4) is 28.4 Å². The normalized spacial score (nSPS) is 12.0. The Hall–Kier alpha value is -3.35. The second-order valence-electron chi connectivity index (χ2n) is 7.71. The number of ketones is 1. The largest absolute Gasteiger partial charge is 0.508 e. The van der Waals surface area contributed by atoms with Gasteiger partial charge in [-0.1, -0.05) is 12.1 Å². The summed E-state index contributed by atoms with van der Waals surface area (Å²) in [5.74, 6) is 0.661. The maximum absolute atomic E-state index is 13.2. The van der Waals surface area contributed by atoms with Crippen LogP contribution in [-0.2, 0) is 4.74 Å². The molecule has 1 unspecified atom stereocenters. The van der Waals surface area contributed by atoms with Crippen molar-refractivity contribution >= 4 is 5.78 Å². The maximum Gasteiger partial charge on any atom is 0.193 e. The molecule has 32 heavy (non-hydrogen) atoms. The number of carbonyl (C=O) groups excluding carboxylic acids is 1. The summed E-state index contributed by atoms with van der Waals surface area (Å²) in [5, 5.41) is 22.8. The van der Waals surface area contributed by atoms with Crippen LogP contribution in [0.3, 0.4) is 0 Å². The molecule has 0 bridgehead atoms. The molecule has 1 atom stereocenters. The van der Waals surface area contributed by atoms with Crippen LogP contribution in [0.2, 0.25) is 0 Å². The van der Waals surface area contributed by atoms with E-state index in [-0.39, 0.29) is 29.6 Å². The molecule has 0 spiro atoms. The number of hydrogen-bond acceptors (Lipinski definition) is 6. The summed E-state index contributed by atoms with van der Waals surface area (Å²) in [7, 11) is 0. The van der Waals surface area contributed by atoms with E-state index in [4.69, 9.17) is 9.47 Å². The van der Waals surface area contributed by atoms with E-state index in [0.717, 1.165) is 5.56 Å². The van der Waals surface area contributed by atoms with Gasteiger partial charge >= 0.3 is 0 Å². The number of rotatable bonds is 10. The van der Waals surface area contributed by atoms with Crippen LogP contribution in [-0.4, -0.2) is 41.5 Å². The standard InChI is InChI=1S/C26H29NO5/c1-4-31-25(27-17(2)3)16-32-22-12-7-19(8-13-22)26(30)23-14-11-21(29)15-24(23)18-5-9-20(28)10-6-18/h5-15,17,25,27-29H,4,16H2,1-3H3. The third-order valence-electron chi connectivity index (χ3n) is 4.83. The van der Waals surface area contributed by atoms with Gasteiger partial charge in [-0.05, 0) is 86.5 Å². The molecule has 168 valence electrons. The molecule has 6 heteroatoms. The first-order chi connectivity index (χ1) is 15.4. The van der Waals surface area contributed by atoms with E-state index in [9.17, 15) is 15.0 Å². The minimum absolute atomic E-state index is 0.0623. The third-order valence-corrected chi connectivity index (χ3v) is 4.83. The molecule has 3 aromatic rings. The van der Waals surface area contributed by atoms with Gasteiger partial charge in [0, 0.05) is 23.8 Å². The Morgan fingerprint density at radius 1 is 0.938 bits per heavy atom. The van der Waals surface area contributed by atoms with Gasteiger partial charge in [0.1, 0.15) is 30.1 Å². The summed E-state index contributed by atoms with van der Waals surface area (Å²) in [6.45, 7) is 6.95. The van der Waals surface area contributed by atoms with Gasteiger partial charge in [-0.25, -0.2) is 0 Å². The van der Waals surface area contributed by atoms with Gasteiger partial charge in [0.25, 0.3) is 0 Å². The maximum atomic E-state index is 13.2. The van der Waals surface area contributed by atoms with Crippen LogP contribution in [0.15, 0.2) is 66.7 Å². The highest BCUT2D eigenvalue weighted by atomic mass is 16.5. The molecule has 3 N–H and O–H groups in total. The lowest BCUT2D eigenvalue weighted by molar-refractivity contribution is 0.000596. The fourth-order valence-corrected chi connectivity index (χ4v) is 3.36. The fraction of sp³-hybridized carbons (Fsp3) is 0.269. The van der Waals surface area contributed by atoms with Crippen molar-refractivity contribution in [1.29, 1.82) is 0 Å². The molecule has 0 aliphatic rings. The second kappa shape index (κ2) is 10.8. The Balaban J connectivity index is 1.77. The predicted molar refractivity (Wildman–Crippen MR) is 124 cm³/mol. The van der Waals surface area contributed by atoms with E-state index in [1.165, 1.54) is 6.07 Å². The summed E-state index contributed by atoms with van der Waals surface area (Å²) < 4.78 is 11.5. The molecule has 0 amide bonds. The van der Waals surface area contributed by atoms with Crippen molar-refractivity contribution in [1.82, 2.24) is 5.32 Å². The molecule has 0 saturated carbocycles. The number of hydrogen-bond donors (Lipinski definition) is 3. The minimum Gasteiger partial charge on any atom is -0.508 e. The fourth-order valence-electron chi connectivity index (χ4n) is 3.36. The van der Waals surface area contributed by atoms with Gasteiger partial charge in [0.05, 0.1) is 0 Å². The quantitative estimate of drug-likeness (QED) is 0.315. The Kier molecular flexibility index (Phi) is 7.87. The predicted octanol–water partition coefficient (Wildman–Crippen LogP) is 4.74. The summed E-state index contributed by atoms with van der Waals surface area (Å²) in [6.07, 6.45) is -0.217. The molecule has 0 aromatic heterocycles. The van der Waals surface area contributed by atoms with E-state index in [1.54, 1.807) is 60.7 Å². The highest BCUT2D eigenvalue weighted by Crippen LogP contribution is 2.30. The molecule has 3 rings (SSSR count). The van der Waals surface area contributed by atoms with Gasteiger partial charge in [0.2, 0.25) is 0 Å². The summed E-state index contributed by atoms with van der Waals surface area (Å²) in [6, 6.07) is 18.4. The van der Waals surface area contributed by atoms with Crippen molar-refractivity contribution in [2.24, 2.45) is 0 Å². The molecule has 0 heterocycles. The number of nitrogens with one attached hydrogen (secondary N) is 1. The zero-order valence-corrected chi connectivity index (χ0v) is 18.5. The van der Waals surface area contributed by atoms with Gasteiger partial charge in [-0.15, -0.1) is 0 Å². The van der Waals surface area contributed by atoms with Crippen LogP contribution >= 0.6 is 0 Å². The molecular formula is C26H29NO5. The zero-order chi connectivity index (χ0) is 23.1. The lowest BCUT2D eigenvalue weighted by atomic mass is 9.93. The third kappa shape index (κ3) is 6.09. The van der Waals surface area contributed by atoms with E-state index in [2.05, 4.69) is 5.32 Å². The van der Waals surface area contributed by atoms with Crippen molar-refractivity contribution < 1.29 is 24.5 Å². The van der Waals surface area contributed by atoms with Gasteiger partial charge in [-0.2, -0.15) is 0 Å². The van der Waals surface area contributed by atoms with Crippen molar-refractivity contribution in [2.75, 3.05) is 13.2 Å². The van der Waals surface area contributed by atoms with E-state index < -0.39 is 0 Å². The summed E-state index contributed by atoms with van der Waals surface area (Å²) in [4.78, 5) is 13.2. The number of aromatic hydroxyl groups is 2. The lowest BCUT2D eigenvalue weighted by Gasteiger charge is -2.21. The molecule has 3 aromatic carbocycles. The minimum atomic E-state index is -0.217. The van der Waals surface area contributed by atoms with Gasteiger partial charge in [0.15, 0.2) is 5.78 Å². The molecular weight excluding hydrogens is 406 g/mol. The van der Waals surface area contributed by atoms with Crippen LogP contribution in [0.1, 0.15) is 36.7 Å². The van der Waals surface area contributed by atoms with Gasteiger partial charge < -0.3 is 19.7 Å². The van der Waals surface area contributed by atoms with E-state index in [0.29, 0.717) is 35.7 Å². The summed E-state index contributed by atoms with van der Waals surface area (Å²) in [5.41, 5.74) is 2.28. The van der Waals surface area contributed by atoms with Crippen LogP contribution in [0.25, 0.3) is 11.1 Å². The Labute approximate surface area is 188 Å². The monoisotopic (exact) mass is 435 g/mol. The topological polar surface area (TPSA) is 88.0 Å². The number of benzene rings is 3. The van der Waals surface area contributed by atoms with Crippen molar-refractivity contribution in [2.45, 2.75) is 33.0 Å².